The van der Waals surface area contributed by atoms with Crippen LogP contribution in [-0.4, -0.2) is 0 Å². The Bertz CT molecular complexity index is 163. The third-order valence-corrected chi connectivity index (χ3v) is 3.78. The van der Waals surface area contributed by atoms with Crippen molar-refractivity contribution in [3.8, 4) is 0 Å². The second-order valence-corrected chi connectivity index (χ2v) is 5.16. The van der Waals surface area contributed by atoms with Gasteiger partial charge in [-0.1, -0.05) is 64.0 Å². The summed E-state index contributed by atoms with van der Waals surface area (Å²) in [4.78, 5) is 0. The van der Waals surface area contributed by atoms with Crippen molar-refractivity contribution in [1.82, 2.24) is 0 Å². The zero-order valence-electron chi connectivity index (χ0n) is 10.6. The molecule has 0 N–H and O–H groups in total. The van der Waals surface area contributed by atoms with Crippen molar-refractivity contribution < 1.29 is 0 Å². The van der Waals surface area contributed by atoms with E-state index in [0.717, 1.165) is 5.92 Å². The van der Waals surface area contributed by atoms with Gasteiger partial charge in [0.15, 0.2) is 0 Å². The van der Waals surface area contributed by atoms with Crippen LogP contribution in [0.15, 0.2) is 12.2 Å². The summed E-state index contributed by atoms with van der Waals surface area (Å²) < 4.78 is 0. The predicted molar refractivity (Wildman–Crippen MR) is 69.1 cm³/mol. The molecule has 0 unspecified atom stereocenters. The van der Waals surface area contributed by atoms with E-state index in [-0.39, 0.29) is 0 Å². The molecule has 0 amide bonds. The average molecular weight is 208 g/mol. The number of hydrogen-bond acceptors (Lipinski definition) is 0. The molecule has 1 aliphatic rings. The van der Waals surface area contributed by atoms with E-state index in [1.165, 1.54) is 70.6 Å². The lowest BCUT2D eigenvalue weighted by Gasteiger charge is -2.23. The van der Waals surface area contributed by atoms with Gasteiger partial charge in [0.1, 0.15) is 0 Å². The lowest BCUT2D eigenvalue weighted by atomic mass is 9.82. The first-order chi connectivity index (χ1) is 7.34. The molecule has 1 aliphatic carbocycles. The van der Waals surface area contributed by atoms with Gasteiger partial charge in [-0.15, -0.1) is 0 Å². The fourth-order valence-corrected chi connectivity index (χ4v) is 2.67. The fourth-order valence-electron chi connectivity index (χ4n) is 2.67. The average Bonchev–Trinajstić information content (AvgIpc) is 2.30. The van der Waals surface area contributed by atoms with Crippen molar-refractivity contribution in [1.29, 1.82) is 0 Å². The van der Waals surface area contributed by atoms with Gasteiger partial charge < -0.3 is 0 Å². The van der Waals surface area contributed by atoms with E-state index < -0.39 is 0 Å². The molecule has 0 aliphatic heterocycles. The lowest BCUT2D eigenvalue weighted by molar-refractivity contribution is 0.393. The zero-order chi connectivity index (χ0) is 10.9. The van der Waals surface area contributed by atoms with E-state index in [0.29, 0.717) is 0 Å². The Balaban J connectivity index is 2.02. The van der Waals surface area contributed by atoms with Crippen LogP contribution in [0.25, 0.3) is 0 Å². The van der Waals surface area contributed by atoms with Gasteiger partial charge in [-0.2, -0.15) is 0 Å². The van der Waals surface area contributed by atoms with Gasteiger partial charge >= 0.3 is 0 Å². The Morgan fingerprint density at radius 1 is 1.00 bits per heavy atom. The first kappa shape index (κ1) is 12.8. The molecule has 0 nitrogen and oxygen atoms in total. The topological polar surface area (TPSA) is 0 Å². The molecule has 88 valence electrons. The Morgan fingerprint density at radius 2 is 1.67 bits per heavy atom. The third-order valence-electron chi connectivity index (χ3n) is 3.78. The summed E-state index contributed by atoms with van der Waals surface area (Å²) in [5.41, 5.74) is 1.56. The van der Waals surface area contributed by atoms with E-state index in [1.807, 2.05) is 0 Å². The second-order valence-electron chi connectivity index (χ2n) is 5.16. The Morgan fingerprint density at radius 3 is 2.33 bits per heavy atom. The van der Waals surface area contributed by atoms with Crippen LogP contribution in [0.4, 0.5) is 0 Å². The molecule has 0 atom stereocenters. The highest BCUT2D eigenvalue weighted by atomic mass is 14.2. The largest absolute Gasteiger partial charge is 0.0996 e. The van der Waals surface area contributed by atoms with Gasteiger partial charge in [-0.05, 0) is 31.6 Å². The van der Waals surface area contributed by atoms with E-state index in [2.05, 4.69) is 13.5 Å². The van der Waals surface area contributed by atoms with Crippen LogP contribution in [0.5, 0.6) is 0 Å². The number of allylic oxidation sites excluding steroid dienone is 1. The van der Waals surface area contributed by atoms with Crippen molar-refractivity contribution in [2.24, 2.45) is 5.92 Å². The Hall–Kier alpha value is -0.260. The van der Waals surface area contributed by atoms with Crippen molar-refractivity contribution >= 4 is 0 Å². The van der Waals surface area contributed by atoms with Crippen LogP contribution in [0.1, 0.15) is 77.6 Å². The molecule has 1 fully saturated rings. The second kappa shape index (κ2) is 7.96. The van der Waals surface area contributed by atoms with Gasteiger partial charge in [0.2, 0.25) is 0 Å². The smallest absolute Gasteiger partial charge is 0.0206 e. The molecular weight excluding hydrogens is 180 g/mol. The molecule has 1 rings (SSSR count). The normalized spacial score (nSPS) is 17.9. The molecule has 0 radical (unpaired) electrons. The Labute approximate surface area is 96.2 Å². The highest BCUT2D eigenvalue weighted by Gasteiger charge is 2.15. The summed E-state index contributed by atoms with van der Waals surface area (Å²) in [5, 5.41) is 0. The van der Waals surface area contributed by atoms with Crippen molar-refractivity contribution in [3.05, 3.63) is 12.2 Å². The van der Waals surface area contributed by atoms with Gasteiger partial charge in [-0.3, -0.25) is 0 Å². The molecule has 0 aromatic rings. The van der Waals surface area contributed by atoms with Gasteiger partial charge in [0.25, 0.3) is 0 Å². The highest BCUT2D eigenvalue weighted by Crippen LogP contribution is 2.31. The molecule has 15 heavy (non-hydrogen) atoms. The molecular formula is C15H28. The van der Waals surface area contributed by atoms with E-state index >= 15 is 0 Å². The summed E-state index contributed by atoms with van der Waals surface area (Å²) >= 11 is 0. The first-order valence-electron chi connectivity index (χ1n) is 7.02. The number of rotatable bonds is 7. The van der Waals surface area contributed by atoms with Crippen LogP contribution in [0.3, 0.4) is 0 Å². The standard InChI is InChI=1S/C15H28/c1-3-4-5-6-8-11-14(2)15-12-9-7-10-13-15/h15H,2-13H2,1H3. The zero-order valence-corrected chi connectivity index (χ0v) is 10.6. The fraction of sp³-hybridized carbons (Fsp3) is 0.867. The maximum absolute atomic E-state index is 4.30. The summed E-state index contributed by atoms with van der Waals surface area (Å²) in [6.45, 7) is 6.57. The van der Waals surface area contributed by atoms with Crippen LogP contribution in [0.2, 0.25) is 0 Å². The van der Waals surface area contributed by atoms with Crippen molar-refractivity contribution in [2.75, 3.05) is 0 Å². The van der Waals surface area contributed by atoms with Crippen molar-refractivity contribution in [3.63, 3.8) is 0 Å². The SMILES string of the molecule is C=C(CCCCCCC)C1CCCCC1. The summed E-state index contributed by atoms with van der Waals surface area (Å²) in [7, 11) is 0. The molecule has 0 spiro atoms. The minimum atomic E-state index is 0.880. The minimum absolute atomic E-state index is 0.880. The highest BCUT2D eigenvalue weighted by molar-refractivity contribution is 5.01. The Kier molecular flexibility index (Phi) is 6.80. The quantitative estimate of drug-likeness (QED) is 0.384. The lowest BCUT2D eigenvalue weighted by Crippen LogP contribution is -2.08. The number of hydrogen-bond donors (Lipinski definition) is 0. The summed E-state index contributed by atoms with van der Waals surface area (Å²) in [5.74, 6) is 0.880. The van der Waals surface area contributed by atoms with Gasteiger partial charge in [0.05, 0.1) is 0 Å². The van der Waals surface area contributed by atoms with E-state index in [1.54, 1.807) is 5.57 Å². The molecule has 0 heteroatoms. The van der Waals surface area contributed by atoms with Crippen LogP contribution in [-0.2, 0) is 0 Å². The summed E-state index contributed by atoms with van der Waals surface area (Å²) in [6.07, 6.45) is 15.5. The molecule has 0 heterocycles. The monoisotopic (exact) mass is 208 g/mol. The van der Waals surface area contributed by atoms with Crippen LogP contribution < -0.4 is 0 Å². The molecule has 0 saturated heterocycles. The van der Waals surface area contributed by atoms with Crippen LogP contribution in [0, 0.1) is 5.92 Å². The number of unbranched alkanes of at least 4 members (excludes halogenated alkanes) is 4. The maximum atomic E-state index is 4.30. The summed E-state index contributed by atoms with van der Waals surface area (Å²) in [6, 6.07) is 0. The predicted octanol–water partition coefficient (Wildman–Crippen LogP) is 5.48. The molecule has 0 aromatic heterocycles. The maximum Gasteiger partial charge on any atom is -0.0206 e. The minimum Gasteiger partial charge on any atom is -0.0996 e. The van der Waals surface area contributed by atoms with E-state index in [4.69, 9.17) is 0 Å². The van der Waals surface area contributed by atoms with E-state index in [9.17, 15) is 0 Å². The molecule has 0 bridgehead atoms. The van der Waals surface area contributed by atoms with Crippen molar-refractivity contribution in [2.45, 2.75) is 77.6 Å². The van der Waals surface area contributed by atoms with Gasteiger partial charge in [-0.25, -0.2) is 0 Å². The third kappa shape index (κ3) is 5.39. The molecule has 0 aromatic carbocycles. The first-order valence-corrected chi connectivity index (χ1v) is 7.02. The van der Waals surface area contributed by atoms with Crippen LogP contribution >= 0.6 is 0 Å². The molecule has 1 saturated carbocycles. The van der Waals surface area contributed by atoms with Gasteiger partial charge in [0, 0.05) is 0 Å².